The molecular weight excluding hydrogens is 388 g/mol. The van der Waals surface area contributed by atoms with Crippen molar-refractivity contribution < 1.29 is 4.79 Å². The molecular formula is C17H15BrN4OS. The molecule has 2 aromatic carbocycles. The van der Waals surface area contributed by atoms with Crippen LogP contribution in [0.1, 0.15) is 21.5 Å². The summed E-state index contributed by atoms with van der Waals surface area (Å²) in [6.07, 6.45) is 0. The van der Waals surface area contributed by atoms with Crippen molar-refractivity contribution in [1.82, 2.24) is 5.32 Å². The third kappa shape index (κ3) is 4.85. The molecule has 0 spiro atoms. The molecule has 0 bridgehead atoms. The number of nitriles is 1. The summed E-state index contributed by atoms with van der Waals surface area (Å²) < 4.78 is 0.969. The summed E-state index contributed by atoms with van der Waals surface area (Å²) in [5, 5.41) is 12.0. The van der Waals surface area contributed by atoms with Crippen LogP contribution in [0.5, 0.6) is 0 Å². The highest BCUT2D eigenvalue weighted by atomic mass is 79.9. The van der Waals surface area contributed by atoms with Crippen LogP contribution in [0.4, 0.5) is 5.69 Å². The standard InChI is InChI=1S/C17H15BrN4OS/c1-21-16(23)15-7-2-11(9-19)8-12(15)10-24-17(20)22-14-5-3-13(18)4-6-14/h2-8H,10H2,1H3,(H2,20,22)(H,21,23). The van der Waals surface area contributed by atoms with Crippen molar-refractivity contribution in [3.8, 4) is 6.07 Å². The average Bonchev–Trinajstić information content (AvgIpc) is 2.61. The highest BCUT2D eigenvalue weighted by Crippen LogP contribution is 2.21. The fraction of sp³-hybridized carbons (Fsp3) is 0.118. The van der Waals surface area contributed by atoms with E-state index in [0.29, 0.717) is 22.0 Å². The zero-order valence-corrected chi connectivity index (χ0v) is 15.3. The number of benzene rings is 2. The van der Waals surface area contributed by atoms with Gasteiger partial charge in [0.1, 0.15) is 0 Å². The molecule has 1 amide bonds. The number of thioether (sulfide) groups is 1. The molecule has 0 aliphatic carbocycles. The molecule has 2 rings (SSSR count). The van der Waals surface area contributed by atoms with E-state index < -0.39 is 0 Å². The second-order valence-corrected chi connectivity index (χ2v) is 6.69. The lowest BCUT2D eigenvalue weighted by Crippen LogP contribution is -2.19. The lowest BCUT2D eigenvalue weighted by molar-refractivity contribution is 0.0962. The first-order valence-electron chi connectivity index (χ1n) is 7.01. The summed E-state index contributed by atoms with van der Waals surface area (Å²) in [7, 11) is 1.57. The van der Waals surface area contributed by atoms with Gasteiger partial charge in [-0.05, 0) is 48.0 Å². The number of nitrogens with two attached hydrogens (primary N) is 1. The maximum atomic E-state index is 11.9. The quantitative estimate of drug-likeness (QED) is 0.603. The minimum absolute atomic E-state index is 0.196. The van der Waals surface area contributed by atoms with Crippen LogP contribution in [-0.2, 0) is 5.75 Å². The van der Waals surface area contributed by atoms with Gasteiger partial charge in [-0.1, -0.05) is 27.7 Å². The summed E-state index contributed by atoms with van der Waals surface area (Å²) in [5.41, 5.74) is 8.48. The molecule has 0 radical (unpaired) electrons. The Morgan fingerprint density at radius 2 is 2.04 bits per heavy atom. The van der Waals surface area contributed by atoms with Crippen LogP contribution in [-0.4, -0.2) is 18.1 Å². The zero-order chi connectivity index (χ0) is 17.5. The molecule has 3 N–H and O–H groups in total. The van der Waals surface area contributed by atoms with E-state index in [4.69, 9.17) is 11.0 Å². The number of nitrogens with zero attached hydrogens (tertiary/aromatic N) is 2. The number of carbonyl (C=O) groups excluding carboxylic acids is 1. The second kappa shape index (κ2) is 8.52. The molecule has 5 nitrogen and oxygen atoms in total. The minimum Gasteiger partial charge on any atom is -0.378 e. The summed E-state index contributed by atoms with van der Waals surface area (Å²) in [5.74, 6) is 0.253. The van der Waals surface area contributed by atoms with Gasteiger partial charge in [-0.2, -0.15) is 5.26 Å². The van der Waals surface area contributed by atoms with Gasteiger partial charge >= 0.3 is 0 Å². The van der Waals surface area contributed by atoms with E-state index in [-0.39, 0.29) is 5.91 Å². The fourth-order valence-electron chi connectivity index (χ4n) is 1.97. The fourth-order valence-corrected chi connectivity index (χ4v) is 2.94. The Bertz CT molecular complexity index is 812. The Hall–Kier alpha value is -2.30. The van der Waals surface area contributed by atoms with Crippen molar-refractivity contribution in [3.05, 3.63) is 63.6 Å². The normalized spacial score (nSPS) is 11.0. The van der Waals surface area contributed by atoms with Crippen molar-refractivity contribution in [2.75, 3.05) is 7.05 Å². The minimum atomic E-state index is -0.196. The molecule has 0 saturated carbocycles. The molecule has 0 aliphatic heterocycles. The van der Waals surface area contributed by atoms with Crippen LogP contribution in [0.25, 0.3) is 0 Å². The van der Waals surface area contributed by atoms with E-state index in [1.165, 1.54) is 11.8 Å². The Labute approximate surface area is 153 Å². The van der Waals surface area contributed by atoms with Gasteiger partial charge in [0.05, 0.1) is 17.3 Å². The SMILES string of the molecule is CNC(=O)c1ccc(C#N)cc1CS/C(N)=N/c1ccc(Br)cc1. The van der Waals surface area contributed by atoms with Crippen LogP contribution in [0, 0.1) is 11.3 Å². The lowest BCUT2D eigenvalue weighted by atomic mass is 10.1. The van der Waals surface area contributed by atoms with E-state index in [2.05, 4.69) is 32.3 Å². The van der Waals surface area contributed by atoms with Gasteiger partial charge in [0, 0.05) is 22.8 Å². The Kier molecular flexibility index (Phi) is 6.41. The second-order valence-electron chi connectivity index (χ2n) is 4.78. The van der Waals surface area contributed by atoms with Gasteiger partial charge in [0.2, 0.25) is 0 Å². The van der Waals surface area contributed by atoms with Crippen molar-refractivity contribution in [2.45, 2.75) is 5.75 Å². The molecule has 0 unspecified atom stereocenters. The Morgan fingerprint density at radius 1 is 1.33 bits per heavy atom. The summed E-state index contributed by atoms with van der Waals surface area (Å²) >= 11 is 4.68. The monoisotopic (exact) mass is 402 g/mol. The molecule has 0 atom stereocenters. The van der Waals surface area contributed by atoms with Crippen molar-refractivity contribution in [3.63, 3.8) is 0 Å². The van der Waals surface area contributed by atoms with E-state index in [1.54, 1.807) is 25.2 Å². The van der Waals surface area contributed by atoms with E-state index >= 15 is 0 Å². The number of amides is 1. The van der Waals surface area contributed by atoms with Crippen molar-refractivity contribution >= 4 is 44.5 Å². The Morgan fingerprint density at radius 3 is 2.67 bits per heavy atom. The van der Waals surface area contributed by atoms with Crippen LogP contribution in [0.3, 0.4) is 0 Å². The number of hydrogen-bond acceptors (Lipinski definition) is 4. The third-order valence-corrected chi connectivity index (χ3v) is 4.52. The predicted octanol–water partition coefficient (Wildman–Crippen LogP) is 3.56. The summed E-state index contributed by atoms with van der Waals surface area (Å²) in [4.78, 5) is 16.3. The average molecular weight is 403 g/mol. The number of rotatable bonds is 4. The van der Waals surface area contributed by atoms with E-state index in [1.807, 2.05) is 24.3 Å². The molecule has 0 saturated heterocycles. The van der Waals surface area contributed by atoms with Gasteiger partial charge in [-0.15, -0.1) is 0 Å². The summed E-state index contributed by atoms with van der Waals surface area (Å²) in [6, 6.07) is 14.5. The molecule has 0 fully saturated rings. The number of halogens is 1. The number of hydrogen-bond donors (Lipinski definition) is 2. The predicted molar refractivity (Wildman–Crippen MR) is 101 cm³/mol. The smallest absolute Gasteiger partial charge is 0.251 e. The van der Waals surface area contributed by atoms with Gasteiger partial charge in [-0.3, -0.25) is 4.79 Å². The van der Waals surface area contributed by atoms with Gasteiger partial charge < -0.3 is 11.1 Å². The molecule has 0 aromatic heterocycles. The first-order chi connectivity index (χ1) is 11.5. The number of nitrogens with one attached hydrogen (secondary N) is 1. The maximum absolute atomic E-state index is 11.9. The lowest BCUT2D eigenvalue weighted by Gasteiger charge is -2.08. The number of carbonyl (C=O) groups is 1. The van der Waals surface area contributed by atoms with Crippen molar-refractivity contribution in [2.24, 2.45) is 10.7 Å². The molecule has 0 heterocycles. The van der Waals surface area contributed by atoms with Crippen LogP contribution >= 0.6 is 27.7 Å². The molecule has 0 aliphatic rings. The third-order valence-electron chi connectivity index (χ3n) is 3.15. The van der Waals surface area contributed by atoms with Gasteiger partial charge in [-0.25, -0.2) is 4.99 Å². The van der Waals surface area contributed by atoms with E-state index in [9.17, 15) is 4.79 Å². The molecule has 24 heavy (non-hydrogen) atoms. The topological polar surface area (TPSA) is 91.3 Å². The number of amidine groups is 1. The molecule has 2 aromatic rings. The van der Waals surface area contributed by atoms with Crippen LogP contribution in [0.2, 0.25) is 0 Å². The van der Waals surface area contributed by atoms with E-state index in [0.717, 1.165) is 15.7 Å². The van der Waals surface area contributed by atoms with Crippen LogP contribution in [0.15, 0.2) is 51.9 Å². The highest BCUT2D eigenvalue weighted by molar-refractivity contribution is 9.10. The summed E-state index contributed by atoms with van der Waals surface area (Å²) in [6.45, 7) is 0. The molecule has 122 valence electrons. The largest absolute Gasteiger partial charge is 0.378 e. The van der Waals surface area contributed by atoms with Gasteiger partial charge in [0.25, 0.3) is 5.91 Å². The highest BCUT2D eigenvalue weighted by Gasteiger charge is 2.11. The first-order valence-corrected chi connectivity index (χ1v) is 8.79. The molecule has 7 heteroatoms. The Balaban J connectivity index is 2.16. The van der Waals surface area contributed by atoms with Crippen LogP contribution < -0.4 is 11.1 Å². The zero-order valence-electron chi connectivity index (χ0n) is 12.9. The first kappa shape index (κ1) is 18.0. The van der Waals surface area contributed by atoms with Gasteiger partial charge in [0.15, 0.2) is 5.17 Å². The maximum Gasteiger partial charge on any atom is 0.251 e. The van der Waals surface area contributed by atoms with Crippen molar-refractivity contribution in [1.29, 1.82) is 5.26 Å². The number of aliphatic imine (C=N–C) groups is 1.